The van der Waals surface area contributed by atoms with Crippen molar-refractivity contribution in [2.45, 2.75) is 13.0 Å². The largest absolute Gasteiger partial charge is 0.308 e. The highest BCUT2D eigenvalue weighted by Crippen LogP contribution is 2.34. The Morgan fingerprint density at radius 2 is 1.97 bits per heavy atom. The van der Waals surface area contributed by atoms with Gasteiger partial charge in [0.15, 0.2) is 5.69 Å². The molecule has 9 heteroatoms. The molecule has 1 aliphatic carbocycles. The quantitative estimate of drug-likeness (QED) is 0.466. The molecule has 0 spiro atoms. The van der Waals surface area contributed by atoms with Crippen LogP contribution in [0.4, 0.5) is 4.39 Å². The second-order valence-electron chi connectivity index (χ2n) is 9.44. The van der Waals surface area contributed by atoms with Crippen molar-refractivity contribution >= 4 is 40.8 Å². The summed E-state index contributed by atoms with van der Waals surface area (Å²) < 4.78 is 15.2. The van der Waals surface area contributed by atoms with Crippen LogP contribution in [-0.2, 0) is 6.54 Å². The Bertz CT molecular complexity index is 1400. The van der Waals surface area contributed by atoms with Gasteiger partial charge in [-0.05, 0) is 65.8 Å². The number of amides is 1. The fourth-order valence-electron chi connectivity index (χ4n) is 5.32. The number of nitrogens with zero attached hydrogens (tertiary/aromatic N) is 3. The monoisotopic (exact) mass is 523 g/mol. The molecule has 0 radical (unpaired) electrons. The van der Waals surface area contributed by atoms with Gasteiger partial charge < -0.3 is 5.32 Å². The maximum Gasteiger partial charge on any atom is 0.286 e. The summed E-state index contributed by atoms with van der Waals surface area (Å²) in [5.74, 6) is 0.495. The first-order valence-corrected chi connectivity index (χ1v) is 12.7. The molecule has 2 aromatic carbocycles. The third-order valence-electron chi connectivity index (χ3n) is 7.04. The Morgan fingerprint density at radius 3 is 2.75 bits per heavy atom. The van der Waals surface area contributed by atoms with Crippen LogP contribution in [0.15, 0.2) is 54.6 Å². The number of fused-ring (bicyclic) bond motifs is 2. The summed E-state index contributed by atoms with van der Waals surface area (Å²) in [6.07, 6.45) is 7.50. The zero-order chi connectivity index (χ0) is 24.8. The molecule has 1 saturated heterocycles. The first-order valence-electron chi connectivity index (χ1n) is 11.9. The third kappa shape index (κ3) is 4.37. The molecule has 3 heterocycles. The molecule has 0 bridgehead atoms. The van der Waals surface area contributed by atoms with E-state index in [0.29, 0.717) is 46.4 Å². The van der Waals surface area contributed by atoms with Gasteiger partial charge in [0.1, 0.15) is 5.82 Å². The van der Waals surface area contributed by atoms with Gasteiger partial charge in [-0.2, -0.15) is 5.10 Å². The smallest absolute Gasteiger partial charge is 0.286 e. The first-order chi connectivity index (χ1) is 17.5. The number of aromatic nitrogens is 2. The first kappa shape index (κ1) is 23.4. The van der Waals surface area contributed by atoms with Gasteiger partial charge in [-0.1, -0.05) is 47.5 Å². The lowest BCUT2D eigenvalue weighted by atomic mass is 9.99. The van der Waals surface area contributed by atoms with Gasteiger partial charge >= 0.3 is 0 Å². The molecule has 184 valence electrons. The molecule has 1 amide bonds. The minimum Gasteiger partial charge on any atom is -0.308 e. The van der Waals surface area contributed by atoms with E-state index in [-0.39, 0.29) is 11.7 Å². The zero-order valence-electron chi connectivity index (χ0n) is 19.3. The number of hydrazine groups is 1. The SMILES string of the molecule is O=C(NN1CC2C=CCC2C1)c1nn(-c2ccc(Cl)cc2Cl)c2c1CNCC2=Cc1ccc(F)cc1. The molecule has 6 nitrogen and oxygen atoms in total. The molecular formula is C27H24Cl2FN5O. The van der Waals surface area contributed by atoms with E-state index in [0.717, 1.165) is 41.9 Å². The number of benzene rings is 2. The van der Waals surface area contributed by atoms with E-state index in [1.54, 1.807) is 35.0 Å². The Hall–Kier alpha value is -2.97. The van der Waals surface area contributed by atoms with Crippen molar-refractivity contribution in [2.24, 2.45) is 11.8 Å². The topological polar surface area (TPSA) is 62.2 Å². The highest BCUT2D eigenvalue weighted by atomic mass is 35.5. The average Bonchev–Trinajstić information content (AvgIpc) is 3.55. The Balaban J connectivity index is 1.41. The van der Waals surface area contributed by atoms with Crippen LogP contribution < -0.4 is 10.7 Å². The standard InChI is InChI=1S/C27H24Cl2FN5O/c28-20-6-9-24(23(29)11-20)35-26-19(10-16-4-7-21(30)8-5-16)12-31-13-22(26)25(32-35)27(36)33-34-14-17-2-1-3-18(17)15-34/h1-2,4-11,17-18,31H,3,12-15H2,(H,33,36). The summed E-state index contributed by atoms with van der Waals surface area (Å²) in [5, 5.41) is 11.1. The van der Waals surface area contributed by atoms with Gasteiger partial charge in [0, 0.05) is 36.8 Å². The summed E-state index contributed by atoms with van der Waals surface area (Å²) in [7, 11) is 0. The number of rotatable bonds is 4. The van der Waals surface area contributed by atoms with Gasteiger partial charge in [-0.15, -0.1) is 0 Å². The lowest BCUT2D eigenvalue weighted by Crippen LogP contribution is -2.41. The Kier molecular flexibility index (Phi) is 6.17. The van der Waals surface area contributed by atoms with E-state index in [9.17, 15) is 9.18 Å². The minimum atomic E-state index is -0.293. The highest BCUT2D eigenvalue weighted by Gasteiger charge is 2.35. The zero-order valence-corrected chi connectivity index (χ0v) is 20.9. The van der Waals surface area contributed by atoms with Crippen LogP contribution in [0.2, 0.25) is 10.0 Å². The lowest BCUT2D eigenvalue weighted by molar-refractivity contribution is 0.0811. The third-order valence-corrected chi connectivity index (χ3v) is 7.58. The molecule has 36 heavy (non-hydrogen) atoms. The van der Waals surface area contributed by atoms with Crippen molar-refractivity contribution in [2.75, 3.05) is 19.6 Å². The fourth-order valence-corrected chi connectivity index (χ4v) is 5.81. The maximum absolute atomic E-state index is 13.5. The second kappa shape index (κ2) is 9.48. The van der Waals surface area contributed by atoms with Crippen molar-refractivity contribution in [1.82, 2.24) is 25.5 Å². The molecular weight excluding hydrogens is 500 g/mol. The number of allylic oxidation sites excluding steroid dienone is 1. The number of carbonyl (C=O) groups is 1. The molecule has 2 atom stereocenters. The normalized spacial score (nSPS) is 22.1. The summed E-state index contributed by atoms with van der Waals surface area (Å²) >= 11 is 12.7. The molecule has 2 unspecified atom stereocenters. The molecule has 6 rings (SSSR count). The second-order valence-corrected chi connectivity index (χ2v) is 10.3. The van der Waals surface area contributed by atoms with Gasteiger partial charge in [-0.25, -0.2) is 14.1 Å². The summed E-state index contributed by atoms with van der Waals surface area (Å²) in [4.78, 5) is 13.5. The number of hydrogen-bond acceptors (Lipinski definition) is 4. The summed E-state index contributed by atoms with van der Waals surface area (Å²) in [5.41, 5.74) is 7.40. The predicted molar refractivity (Wildman–Crippen MR) is 139 cm³/mol. The van der Waals surface area contributed by atoms with Crippen LogP contribution in [0.1, 0.15) is 33.7 Å². The van der Waals surface area contributed by atoms with Crippen LogP contribution in [0.25, 0.3) is 17.3 Å². The molecule has 2 aliphatic heterocycles. The van der Waals surface area contributed by atoms with Gasteiger partial charge in [0.05, 0.1) is 16.4 Å². The van der Waals surface area contributed by atoms with Gasteiger partial charge in [-0.3, -0.25) is 10.2 Å². The van der Waals surface area contributed by atoms with E-state index in [4.69, 9.17) is 28.3 Å². The van der Waals surface area contributed by atoms with Crippen LogP contribution in [0.3, 0.4) is 0 Å². The summed E-state index contributed by atoms with van der Waals surface area (Å²) in [6, 6.07) is 11.5. The molecule has 3 aromatic rings. The molecule has 3 aliphatic rings. The number of halogens is 3. The summed E-state index contributed by atoms with van der Waals surface area (Å²) in [6.45, 7) is 2.66. The predicted octanol–water partition coefficient (Wildman–Crippen LogP) is 5.11. The molecule has 1 fully saturated rings. The van der Waals surface area contributed by atoms with Crippen LogP contribution in [0.5, 0.6) is 0 Å². The highest BCUT2D eigenvalue weighted by molar-refractivity contribution is 6.35. The Morgan fingerprint density at radius 1 is 1.14 bits per heavy atom. The molecule has 1 aromatic heterocycles. The molecule has 2 N–H and O–H groups in total. The van der Waals surface area contributed by atoms with Crippen molar-refractivity contribution in [3.8, 4) is 5.69 Å². The van der Waals surface area contributed by atoms with Crippen molar-refractivity contribution in [1.29, 1.82) is 0 Å². The van der Waals surface area contributed by atoms with Crippen LogP contribution in [-0.4, -0.2) is 40.3 Å². The number of nitrogens with one attached hydrogen (secondary N) is 2. The van der Waals surface area contributed by atoms with Gasteiger partial charge in [0.25, 0.3) is 5.91 Å². The van der Waals surface area contributed by atoms with E-state index in [1.165, 1.54) is 12.1 Å². The average molecular weight is 524 g/mol. The lowest BCUT2D eigenvalue weighted by Gasteiger charge is -2.20. The number of hydrogen-bond donors (Lipinski definition) is 2. The fraction of sp³-hybridized carbons (Fsp3) is 0.259. The van der Waals surface area contributed by atoms with Crippen molar-refractivity contribution < 1.29 is 9.18 Å². The molecule has 0 saturated carbocycles. The maximum atomic E-state index is 13.5. The minimum absolute atomic E-state index is 0.246. The van der Waals surface area contributed by atoms with Crippen LogP contribution in [0, 0.1) is 17.7 Å². The van der Waals surface area contributed by atoms with E-state index in [1.807, 2.05) is 11.1 Å². The number of carbonyl (C=O) groups excluding carboxylic acids is 1. The Labute approximate surface area is 218 Å². The van der Waals surface area contributed by atoms with E-state index < -0.39 is 0 Å². The van der Waals surface area contributed by atoms with Gasteiger partial charge in [0.2, 0.25) is 0 Å². The van der Waals surface area contributed by atoms with E-state index in [2.05, 4.69) is 22.9 Å². The van der Waals surface area contributed by atoms with E-state index >= 15 is 0 Å². The van der Waals surface area contributed by atoms with Crippen molar-refractivity contribution in [3.63, 3.8) is 0 Å². The van der Waals surface area contributed by atoms with Crippen molar-refractivity contribution in [3.05, 3.63) is 93.0 Å². The van der Waals surface area contributed by atoms with Crippen LogP contribution >= 0.6 is 23.2 Å².